The lowest BCUT2D eigenvalue weighted by molar-refractivity contribution is 0.260. The molecular formula is C12H14O4S. The van der Waals surface area contributed by atoms with E-state index in [0.717, 1.165) is 0 Å². The minimum atomic E-state index is -3.47. The van der Waals surface area contributed by atoms with Crippen molar-refractivity contribution in [2.24, 2.45) is 5.92 Å². The number of fused-ring (bicyclic) bond motifs is 1. The third-order valence-electron chi connectivity index (χ3n) is 2.89. The van der Waals surface area contributed by atoms with Crippen LogP contribution in [0.4, 0.5) is 0 Å². The Hall–Kier alpha value is -1.33. The first kappa shape index (κ1) is 12.1. The topological polar surface area (TPSA) is 63.6 Å². The van der Waals surface area contributed by atoms with Crippen LogP contribution >= 0.6 is 0 Å². The second-order valence-electron chi connectivity index (χ2n) is 4.01. The molecule has 4 nitrogen and oxygen atoms in total. The van der Waals surface area contributed by atoms with Gasteiger partial charge in [0.2, 0.25) is 9.84 Å². The number of ether oxygens (including phenoxy) is 1. The van der Waals surface area contributed by atoms with Gasteiger partial charge in [0.1, 0.15) is 5.75 Å². The van der Waals surface area contributed by atoms with Crippen molar-refractivity contribution in [3.63, 3.8) is 0 Å². The molecule has 1 atom stereocenters. The molecule has 5 heteroatoms. The summed E-state index contributed by atoms with van der Waals surface area (Å²) in [5, 5.41) is 9.10. The predicted octanol–water partition coefficient (Wildman–Crippen LogP) is 1.45. The lowest BCUT2D eigenvalue weighted by Gasteiger charge is -2.09. The van der Waals surface area contributed by atoms with Crippen molar-refractivity contribution >= 4 is 15.9 Å². The first-order valence-corrected chi connectivity index (χ1v) is 6.75. The van der Waals surface area contributed by atoms with Crippen LogP contribution in [-0.4, -0.2) is 27.2 Å². The van der Waals surface area contributed by atoms with Gasteiger partial charge >= 0.3 is 0 Å². The molecule has 0 aliphatic carbocycles. The van der Waals surface area contributed by atoms with Gasteiger partial charge in [0.15, 0.2) is 0 Å². The van der Waals surface area contributed by atoms with E-state index in [0.29, 0.717) is 11.3 Å². The van der Waals surface area contributed by atoms with Crippen LogP contribution in [0.25, 0.3) is 6.08 Å². The fourth-order valence-corrected chi connectivity index (χ4v) is 3.76. The normalized spacial score (nSPS) is 18.4. The molecule has 17 heavy (non-hydrogen) atoms. The molecule has 2 rings (SSSR count). The van der Waals surface area contributed by atoms with Crippen molar-refractivity contribution in [3.05, 3.63) is 28.7 Å². The Morgan fingerprint density at radius 3 is 2.71 bits per heavy atom. The molecule has 1 unspecified atom stereocenters. The number of hydrogen-bond donors (Lipinski definition) is 1. The van der Waals surface area contributed by atoms with Crippen molar-refractivity contribution in [2.45, 2.75) is 11.8 Å². The van der Waals surface area contributed by atoms with Gasteiger partial charge in [-0.25, -0.2) is 8.42 Å². The molecule has 0 amide bonds. The Morgan fingerprint density at radius 1 is 1.41 bits per heavy atom. The van der Waals surface area contributed by atoms with E-state index in [-0.39, 0.29) is 16.4 Å². The summed E-state index contributed by atoms with van der Waals surface area (Å²) in [5.74, 6) is 0.128. The largest absolute Gasteiger partial charge is 0.496 e. The lowest BCUT2D eigenvalue weighted by atomic mass is 10.1. The monoisotopic (exact) mass is 254 g/mol. The zero-order valence-electron chi connectivity index (χ0n) is 9.67. The molecule has 1 aromatic rings. The maximum Gasteiger partial charge on any atom is 0.203 e. The molecule has 0 fully saturated rings. The van der Waals surface area contributed by atoms with Gasteiger partial charge in [-0.3, -0.25) is 0 Å². The molecule has 1 aliphatic rings. The quantitative estimate of drug-likeness (QED) is 0.886. The highest BCUT2D eigenvalue weighted by atomic mass is 32.2. The highest BCUT2D eigenvalue weighted by Gasteiger charge is 2.33. The highest BCUT2D eigenvalue weighted by Crippen LogP contribution is 2.40. The van der Waals surface area contributed by atoms with Crippen molar-refractivity contribution in [1.29, 1.82) is 0 Å². The summed E-state index contributed by atoms with van der Waals surface area (Å²) < 4.78 is 29.6. The molecule has 1 aromatic carbocycles. The molecule has 0 saturated carbocycles. The van der Waals surface area contributed by atoms with Crippen LogP contribution in [0.5, 0.6) is 5.75 Å². The summed E-state index contributed by atoms with van der Waals surface area (Å²) >= 11 is 0. The summed E-state index contributed by atoms with van der Waals surface area (Å²) in [6.07, 6.45) is 1.59. The zero-order valence-corrected chi connectivity index (χ0v) is 10.5. The molecule has 0 spiro atoms. The van der Waals surface area contributed by atoms with Crippen LogP contribution in [0.1, 0.15) is 12.5 Å². The molecule has 92 valence electrons. The van der Waals surface area contributed by atoms with E-state index in [4.69, 9.17) is 9.84 Å². The number of benzene rings is 1. The lowest BCUT2D eigenvalue weighted by Crippen LogP contribution is -2.11. The minimum Gasteiger partial charge on any atom is -0.496 e. The van der Waals surface area contributed by atoms with Gasteiger partial charge in [-0.1, -0.05) is 13.0 Å². The predicted molar refractivity (Wildman–Crippen MR) is 64.4 cm³/mol. The second kappa shape index (κ2) is 4.16. The smallest absolute Gasteiger partial charge is 0.203 e. The Balaban J connectivity index is 2.65. The fraction of sp³-hybridized carbons (Fsp3) is 0.333. The van der Waals surface area contributed by atoms with Gasteiger partial charge in [-0.2, -0.15) is 0 Å². The second-order valence-corrected chi connectivity index (χ2v) is 5.92. The summed E-state index contributed by atoms with van der Waals surface area (Å²) in [4.78, 5) is 0.506. The number of hydrogen-bond acceptors (Lipinski definition) is 4. The van der Waals surface area contributed by atoms with E-state index in [1.54, 1.807) is 31.2 Å². The molecule has 1 N–H and O–H groups in total. The average molecular weight is 254 g/mol. The van der Waals surface area contributed by atoms with Gasteiger partial charge in [0.25, 0.3) is 0 Å². The first-order valence-electron chi connectivity index (χ1n) is 5.27. The molecule has 0 bridgehead atoms. The summed E-state index contributed by atoms with van der Waals surface area (Å²) in [7, 11) is -1.97. The van der Waals surface area contributed by atoms with Crippen LogP contribution in [0.2, 0.25) is 0 Å². The maximum atomic E-state index is 12.2. The third kappa shape index (κ3) is 1.75. The van der Waals surface area contributed by atoms with Gasteiger partial charge < -0.3 is 9.84 Å². The number of sulfone groups is 1. The number of rotatable bonds is 3. The zero-order chi connectivity index (χ0) is 12.6. The van der Waals surface area contributed by atoms with E-state index in [1.165, 1.54) is 7.11 Å². The van der Waals surface area contributed by atoms with E-state index in [2.05, 4.69) is 0 Å². The van der Waals surface area contributed by atoms with E-state index < -0.39 is 15.8 Å². The van der Waals surface area contributed by atoms with Crippen molar-refractivity contribution in [3.8, 4) is 5.75 Å². The van der Waals surface area contributed by atoms with Crippen LogP contribution in [-0.2, 0) is 9.84 Å². The first-order chi connectivity index (χ1) is 8.02. The Bertz CT molecular complexity index is 572. The van der Waals surface area contributed by atoms with E-state index in [9.17, 15) is 8.42 Å². The molecular weight excluding hydrogens is 240 g/mol. The van der Waals surface area contributed by atoms with E-state index >= 15 is 0 Å². The Morgan fingerprint density at radius 2 is 2.12 bits per heavy atom. The summed E-state index contributed by atoms with van der Waals surface area (Å²) in [6, 6.07) is 4.92. The standard InChI is InChI=1S/C12H14O4S/c1-8(7-13)12-6-9-10(16-2)4-3-5-11(9)17(12,14)15/h3-6,8,13H,7H2,1-2H3. The fourth-order valence-electron chi connectivity index (χ4n) is 1.92. The molecule has 1 heterocycles. The van der Waals surface area contributed by atoms with Crippen molar-refractivity contribution < 1.29 is 18.3 Å². The van der Waals surface area contributed by atoms with Crippen molar-refractivity contribution in [2.75, 3.05) is 13.7 Å². The third-order valence-corrected chi connectivity index (χ3v) is 4.97. The van der Waals surface area contributed by atoms with Crippen LogP contribution in [0.15, 0.2) is 28.0 Å². The van der Waals surface area contributed by atoms with Crippen LogP contribution < -0.4 is 4.74 Å². The maximum absolute atomic E-state index is 12.2. The van der Waals surface area contributed by atoms with Gasteiger partial charge in [0, 0.05) is 11.5 Å². The SMILES string of the molecule is COc1cccc2c1C=C(C(C)CO)S2(=O)=O. The molecule has 1 aliphatic heterocycles. The summed E-state index contributed by atoms with van der Waals surface area (Å²) in [5.41, 5.74) is 0.574. The Kier molecular flexibility index (Phi) is 2.97. The molecule has 0 radical (unpaired) electrons. The van der Waals surface area contributed by atoms with Crippen LogP contribution in [0, 0.1) is 5.92 Å². The number of methoxy groups -OCH3 is 1. The Labute approximate surface area is 100 Å². The average Bonchev–Trinajstić information content (AvgIpc) is 2.60. The minimum absolute atomic E-state index is 0.193. The summed E-state index contributed by atoms with van der Waals surface area (Å²) in [6.45, 7) is 1.49. The molecule has 0 aromatic heterocycles. The van der Waals surface area contributed by atoms with E-state index in [1.807, 2.05) is 0 Å². The number of aliphatic hydroxyl groups excluding tert-OH is 1. The van der Waals surface area contributed by atoms with Gasteiger partial charge in [0.05, 0.1) is 23.5 Å². The molecule has 0 saturated heterocycles. The van der Waals surface area contributed by atoms with Gasteiger partial charge in [-0.05, 0) is 18.2 Å². The van der Waals surface area contributed by atoms with Crippen molar-refractivity contribution in [1.82, 2.24) is 0 Å². The highest BCUT2D eigenvalue weighted by molar-refractivity contribution is 7.95. The number of aliphatic hydroxyl groups is 1. The van der Waals surface area contributed by atoms with Crippen LogP contribution in [0.3, 0.4) is 0 Å². The van der Waals surface area contributed by atoms with Gasteiger partial charge in [-0.15, -0.1) is 0 Å².